The Morgan fingerprint density at radius 3 is 2.26 bits per heavy atom. The molecule has 0 spiro atoms. The van der Waals surface area contributed by atoms with E-state index >= 15 is 0 Å². The summed E-state index contributed by atoms with van der Waals surface area (Å²) >= 11 is 0. The van der Waals surface area contributed by atoms with E-state index in [9.17, 15) is 19.7 Å². The molecule has 0 aromatic heterocycles. The first-order valence-corrected chi connectivity index (χ1v) is 10.6. The Hall–Kier alpha value is -3.42. The fourth-order valence-corrected chi connectivity index (χ4v) is 3.75. The summed E-state index contributed by atoms with van der Waals surface area (Å²) < 4.78 is 0. The van der Waals surface area contributed by atoms with E-state index in [4.69, 9.17) is 0 Å². The molecule has 2 amide bonds. The molecular formula is C23H28N4O4. The standard InChI is InChI=1S/C23H28N4O4/c1-3-17(2)21(24-22(28)18-9-5-4-6-10-18)23(29)26-15-13-25(14-16-26)19-11-7-8-12-20(19)27(30)31/h4-12,17,21H,3,13-16H2,1-2H3,(H,24,28)/t17-,21-/m0/s1. The minimum Gasteiger partial charge on any atom is -0.362 e. The van der Waals surface area contributed by atoms with Crippen molar-refractivity contribution in [3.8, 4) is 0 Å². The highest BCUT2D eigenvalue weighted by Gasteiger charge is 2.33. The van der Waals surface area contributed by atoms with E-state index in [0.29, 0.717) is 37.4 Å². The van der Waals surface area contributed by atoms with Gasteiger partial charge in [-0.3, -0.25) is 19.7 Å². The number of nitrogens with one attached hydrogen (secondary N) is 1. The van der Waals surface area contributed by atoms with Gasteiger partial charge in [0.15, 0.2) is 0 Å². The Kier molecular flexibility index (Phi) is 7.23. The number of nitrogens with zero attached hydrogens (tertiary/aromatic N) is 3. The number of para-hydroxylation sites is 2. The molecule has 164 valence electrons. The first-order valence-electron chi connectivity index (χ1n) is 10.6. The maximum absolute atomic E-state index is 13.3. The topological polar surface area (TPSA) is 95.8 Å². The SMILES string of the molecule is CC[C@H](C)[C@H](NC(=O)c1ccccc1)C(=O)N1CCN(c2ccccc2[N+](=O)[O-])CC1. The van der Waals surface area contributed by atoms with Crippen LogP contribution in [0.5, 0.6) is 0 Å². The van der Waals surface area contributed by atoms with Crippen LogP contribution in [0.15, 0.2) is 54.6 Å². The second-order valence-corrected chi connectivity index (χ2v) is 7.76. The van der Waals surface area contributed by atoms with E-state index in [1.807, 2.05) is 24.8 Å². The number of hydrogen-bond acceptors (Lipinski definition) is 5. The fraction of sp³-hybridized carbons (Fsp3) is 0.391. The van der Waals surface area contributed by atoms with Gasteiger partial charge in [-0.1, -0.05) is 50.6 Å². The average Bonchev–Trinajstić information content (AvgIpc) is 2.82. The van der Waals surface area contributed by atoms with Gasteiger partial charge >= 0.3 is 0 Å². The number of amides is 2. The minimum absolute atomic E-state index is 0.0200. The number of carbonyl (C=O) groups excluding carboxylic acids is 2. The first-order chi connectivity index (χ1) is 14.9. The van der Waals surface area contributed by atoms with Crippen molar-refractivity contribution < 1.29 is 14.5 Å². The Morgan fingerprint density at radius 1 is 1.03 bits per heavy atom. The maximum Gasteiger partial charge on any atom is 0.292 e. The van der Waals surface area contributed by atoms with Crippen LogP contribution in [0.1, 0.15) is 30.6 Å². The number of benzene rings is 2. The predicted octanol–water partition coefficient (Wildman–Crippen LogP) is 3.09. The summed E-state index contributed by atoms with van der Waals surface area (Å²) in [4.78, 5) is 40.5. The van der Waals surface area contributed by atoms with Gasteiger partial charge in [-0.2, -0.15) is 0 Å². The van der Waals surface area contributed by atoms with E-state index in [0.717, 1.165) is 6.42 Å². The summed E-state index contributed by atoms with van der Waals surface area (Å²) in [5.41, 5.74) is 1.15. The van der Waals surface area contributed by atoms with Crippen LogP contribution < -0.4 is 10.2 Å². The molecule has 0 aliphatic carbocycles. The molecule has 0 bridgehead atoms. The molecule has 2 aromatic rings. The number of piperazine rings is 1. The number of carbonyl (C=O) groups is 2. The highest BCUT2D eigenvalue weighted by Crippen LogP contribution is 2.28. The quantitative estimate of drug-likeness (QED) is 0.544. The Balaban J connectivity index is 1.68. The van der Waals surface area contributed by atoms with Crippen LogP contribution in [0.4, 0.5) is 11.4 Å². The molecular weight excluding hydrogens is 396 g/mol. The van der Waals surface area contributed by atoms with Crippen LogP contribution in [0, 0.1) is 16.0 Å². The summed E-state index contributed by atoms with van der Waals surface area (Å²) in [6.45, 7) is 5.83. The third kappa shape index (κ3) is 5.20. The van der Waals surface area contributed by atoms with Gasteiger partial charge in [0.25, 0.3) is 11.6 Å². The van der Waals surface area contributed by atoms with Gasteiger partial charge < -0.3 is 15.1 Å². The van der Waals surface area contributed by atoms with Gasteiger partial charge in [0.1, 0.15) is 11.7 Å². The number of anilines is 1. The lowest BCUT2D eigenvalue weighted by atomic mass is 9.97. The second kappa shape index (κ2) is 10.1. The van der Waals surface area contributed by atoms with E-state index in [2.05, 4.69) is 5.32 Å². The fourth-order valence-electron chi connectivity index (χ4n) is 3.75. The molecule has 1 heterocycles. The molecule has 0 unspecified atom stereocenters. The van der Waals surface area contributed by atoms with Crippen molar-refractivity contribution in [3.05, 3.63) is 70.3 Å². The van der Waals surface area contributed by atoms with Crippen molar-refractivity contribution in [1.82, 2.24) is 10.2 Å². The molecule has 1 aliphatic heterocycles. The summed E-state index contributed by atoms with van der Waals surface area (Å²) in [7, 11) is 0. The van der Waals surface area contributed by atoms with Gasteiger partial charge in [0, 0.05) is 37.8 Å². The maximum atomic E-state index is 13.3. The molecule has 3 rings (SSSR count). The number of rotatable bonds is 7. The van der Waals surface area contributed by atoms with Gasteiger partial charge in [0.2, 0.25) is 5.91 Å². The van der Waals surface area contributed by atoms with Crippen LogP contribution >= 0.6 is 0 Å². The predicted molar refractivity (Wildman–Crippen MR) is 119 cm³/mol. The van der Waals surface area contributed by atoms with E-state index in [1.165, 1.54) is 6.07 Å². The molecule has 1 saturated heterocycles. The molecule has 8 heteroatoms. The van der Waals surface area contributed by atoms with E-state index < -0.39 is 6.04 Å². The van der Waals surface area contributed by atoms with Crippen LogP contribution in [0.3, 0.4) is 0 Å². The molecule has 1 fully saturated rings. The normalized spacial score (nSPS) is 15.8. The zero-order valence-electron chi connectivity index (χ0n) is 17.9. The third-order valence-electron chi connectivity index (χ3n) is 5.81. The van der Waals surface area contributed by atoms with Crippen molar-refractivity contribution in [3.63, 3.8) is 0 Å². The van der Waals surface area contributed by atoms with E-state index in [-0.39, 0.29) is 28.3 Å². The van der Waals surface area contributed by atoms with Gasteiger partial charge in [-0.25, -0.2) is 0 Å². The number of nitro benzene ring substituents is 1. The molecule has 1 aliphatic rings. The third-order valence-corrected chi connectivity index (χ3v) is 5.81. The van der Waals surface area contributed by atoms with Gasteiger partial charge in [-0.15, -0.1) is 0 Å². The van der Waals surface area contributed by atoms with Crippen LogP contribution in [-0.2, 0) is 4.79 Å². The smallest absolute Gasteiger partial charge is 0.292 e. The van der Waals surface area contributed by atoms with Gasteiger partial charge in [-0.05, 0) is 24.1 Å². The van der Waals surface area contributed by atoms with Crippen LogP contribution in [0.25, 0.3) is 0 Å². The Bertz CT molecular complexity index is 926. The highest BCUT2D eigenvalue weighted by molar-refractivity contribution is 5.97. The molecule has 1 N–H and O–H groups in total. The minimum atomic E-state index is -0.615. The van der Waals surface area contributed by atoms with E-state index in [1.54, 1.807) is 47.4 Å². The number of hydrogen-bond donors (Lipinski definition) is 1. The summed E-state index contributed by atoms with van der Waals surface area (Å²) in [5.74, 6) is -0.396. The molecule has 31 heavy (non-hydrogen) atoms. The molecule has 8 nitrogen and oxygen atoms in total. The van der Waals surface area contributed by atoms with Crippen molar-refractivity contribution in [2.24, 2.45) is 5.92 Å². The lowest BCUT2D eigenvalue weighted by Gasteiger charge is -2.38. The summed E-state index contributed by atoms with van der Waals surface area (Å²) in [6, 6.07) is 14.9. The zero-order valence-corrected chi connectivity index (χ0v) is 17.9. The molecule has 2 aromatic carbocycles. The summed E-state index contributed by atoms with van der Waals surface area (Å²) in [6.07, 6.45) is 0.752. The molecule has 0 saturated carbocycles. The summed E-state index contributed by atoms with van der Waals surface area (Å²) in [5, 5.41) is 14.2. The van der Waals surface area contributed by atoms with Crippen LogP contribution in [-0.4, -0.2) is 53.9 Å². The average molecular weight is 425 g/mol. The lowest BCUT2D eigenvalue weighted by Crippen LogP contribution is -2.56. The van der Waals surface area contributed by atoms with Crippen LogP contribution in [0.2, 0.25) is 0 Å². The lowest BCUT2D eigenvalue weighted by molar-refractivity contribution is -0.384. The Morgan fingerprint density at radius 2 is 1.65 bits per heavy atom. The van der Waals surface area contributed by atoms with Crippen molar-refractivity contribution in [2.45, 2.75) is 26.3 Å². The second-order valence-electron chi connectivity index (χ2n) is 7.76. The highest BCUT2D eigenvalue weighted by atomic mass is 16.6. The molecule has 2 atom stereocenters. The molecule has 0 radical (unpaired) electrons. The monoisotopic (exact) mass is 424 g/mol. The number of nitro groups is 1. The van der Waals surface area contributed by atoms with Gasteiger partial charge in [0.05, 0.1) is 4.92 Å². The Labute approximate surface area is 182 Å². The van der Waals surface area contributed by atoms with Crippen molar-refractivity contribution in [2.75, 3.05) is 31.1 Å². The van der Waals surface area contributed by atoms with Crippen molar-refractivity contribution >= 4 is 23.2 Å². The largest absolute Gasteiger partial charge is 0.362 e. The zero-order chi connectivity index (χ0) is 22.4. The first kappa shape index (κ1) is 22.3. The van der Waals surface area contributed by atoms with Crippen molar-refractivity contribution in [1.29, 1.82) is 0 Å².